The number of benzene rings is 1. The Balaban J connectivity index is 2.04. The minimum atomic E-state index is 0.158. The van der Waals surface area contributed by atoms with E-state index in [1.54, 1.807) is 11.8 Å². The quantitative estimate of drug-likeness (QED) is 0.841. The zero-order valence-corrected chi connectivity index (χ0v) is 12.3. The number of hydrogen-bond acceptors (Lipinski definition) is 3. The number of halogens is 1. The molecule has 2 rings (SSSR count). The van der Waals surface area contributed by atoms with E-state index in [1.807, 2.05) is 19.1 Å². The molecule has 0 amide bonds. The van der Waals surface area contributed by atoms with Gasteiger partial charge in [0.1, 0.15) is 0 Å². The van der Waals surface area contributed by atoms with Crippen LogP contribution in [0.5, 0.6) is 0 Å². The lowest BCUT2D eigenvalue weighted by atomic mass is 10.1. The van der Waals surface area contributed by atoms with Gasteiger partial charge in [0.05, 0.1) is 11.1 Å². The number of hydrogen-bond donors (Lipinski definition) is 1. The molecule has 0 saturated carbocycles. The van der Waals surface area contributed by atoms with E-state index in [2.05, 4.69) is 6.07 Å². The molecular formula is C14H20ClNOS. The van der Waals surface area contributed by atoms with Gasteiger partial charge in [0.15, 0.2) is 0 Å². The molecule has 18 heavy (non-hydrogen) atoms. The summed E-state index contributed by atoms with van der Waals surface area (Å²) in [6, 6.07) is 6.22. The smallest absolute Gasteiger partial charge is 0.0669 e. The first-order valence-corrected chi connectivity index (χ1v) is 7.80. The van der Waals surface area contributed by atoms with Gasteiger partial charge in [-0.25, -0.2) is 0 Å². The van der Waals surface area contributed by atoms with Gasteiger partial charge < -0.3 is 10.5 Å². The molecule has 0 aromatic heterocycles. The Hall–Kier alpha value is -0.220. The fourth-order valence-electron chi connectivity index (χ4n) is 2.17. The van der Waals surface area contributed by atoms with Crippen molar-refractivity contribution in [3.63, 3.8) is 0 Å². The molecule has 0 spiro atoms. The van der Waals surface area contributed by atoms with Crippen molar-refractivity contribution >= 4 is 23.4 Å². The first kappa shape index (κ1) is 14.2. The van der Waals surface area contributed by atoms with Gasteiger partial charge in [0.25, 0.3) is 0 Å². The van der Waals surface area contributed by atoms with E-state index in [0.29, 0.717) is 6.10 Å². The maximum atomic E-state index is 6.30. The van der Waals surface area contributed by atoms with Crippen molar-refractivity contribution in [1.29, 1.82) is 0 Å². The van der Waals surface area contributed by atoms with E-state index in [4.69, 9.17) is 22.1 Å². The van der Waals surface area contributed by atoms with Gasteiger partial charge in [-0.3, -0.25) is 0 Å². The molecule has 1 aliphatic rings. The molecular weight excluding hydrogens is 266 g/mol. The summed E-state index contributed by atoms with van der Waals surface area (Å²) in [5.74, 6) is 0.982. The summed E-state index contributed by atoms with van der Waals surface area (Å²) in [6.45, 7) is 2.93. The highest BCUT2D eigenvalue weighted by Crippen LogP contribution is 2.33. The van der Waals surface area contributed by atoms with Gasteiger partial charge in [-0.05, 0) is 37.8 Å². The normalized spacial score (nSPS) is 21.2. The van der Waals surface area contributed by atoms with Crippen molar-refractivity contribution in [3.8, 4) is 0 Å². The molecule has 2 unspecified atom stereocenters. The van der Waals surface area contributed by atoms with Crippen LogP contribution in [0.3, 0.4) is 0 Å². The van der Waals surface area contributed by atoms with E-state index in [1.165, 1.54) is 23.3 Å². The van der Waals surface area contributed by atoms with Crippen molar-refractivity contribution in [1.82, 2.24) is 0 Å². The third-order valence-electron chi connectivity index (χ3n) is 3.03. The lowest BCUT2D eigenvalue weighted by molar-refractivity contribution is 0.129. The Morgan fingerprint density at radius 1 is 1.56 bits per heavy atom. The molecule has 1 fully saturated rings. The monoisotopic (exact) mass is 285 g/mol. The highest BCUT2D eigenvalue weighted by Gasteiger charge is 2.17. The average Bonchev–Trinajstić information content (AvgIpc) is 2.80. The van der Waals surface area contributed by atoms with E-state index in [9.17, 15) is 0 Å². The summed E-state index contributed by atoms with van der Waals surface area (Å²) < 4.78 is 5.65. The average molecular weight is 286 g/mol. The Bertz CT molecular complexity index is 391. The highest BCUT2D eigenvalue weighted by molar-refractivity contribution is 7.99. The number of thioether (sulfide) groups is 1. The zero-order valence-electron chi connectivity index (χ0n) is 10.7. The fraction of sp³-hybridized carbons (Fsp3) is 0.571. The molecule has 1 saturated heterocycles. The first-order chi connectivity index (χ1) is 8.66. The Morgan fingerprint density at radius 3 is 3.06 bits per heavy atom. The molecule has 0 aliphatic carbocycles. The molecule has 1 aliphatic heterocycles. The summed E-state index contributed by atoms with van der Waals surface area (Å²) in [4.78, 5) is 1.17. The number of nitrogens with two attached hydrogens (primary N) is 1. The lowest BCUT2D eigenvalue weighted by Gasteiger charge is -2.15. The van der Waals surface area contributed by atoms with Crippen molar-refractivity contribution in [2.75, 3.05) is 12.4 Å². The summed E-state index contributed by atoms with van der Waals surface area (Å²) in [7, 11) is 0. The van der Waals surface area contributed by atoms with Gasteiger partial charge in [0.2, 0.25) is 0 Å². The fourth-order valence-corrected chi connectivity index (χ4v) is 3.69. The summed E-state index contributed by atoms with van der Waals surface area (Å²) >= 11 is 8.10. The second-order valence-corrected chi connectivity index (χ2v) is 6.29. The van der Waals surface area contributed by atoms with E-state index in [0.717, 1.165) is 23.8 Å². The van der Waals surface area contributed by atoms with Crippen LogP contribution in [0.4, 0.5) is 0 Å². The molecule has 2 nitrogen and oxygen atoms in total. The van der Waals surface area contributed by atoms with Gasteiger partial charge in [-0.2, -0.15) is 0 Å². The minimum absolute atomic E-state index is 0.158. The largest absolute Gasteiger partial charge is 0.377 e. The standard InChI is InChI=1S/C14H20ClNOS/c1-10(16)8-11-4-2-6-13(15)14(11)18-9-12-5-3-7-17-12/h2,4,6,10,12H,3,5,7-9,16H2,1H3. The van der Waals surface area contributed by atoms with Crippen LogP contribution in [-0.2, 0) is 11.2 Å². The van der Waals surface area contributed by atoms with Crippen LogP contribution in [0.15, 0.2) is 23.1 Å². The Morgan fingerprint density at radius 2 is 2.39 bits per heavy atom. The second kappa shape index (κ2) is 6.80. The van der Waals surface area contributed by atoms with E-state index in [-0.39, 0.29) is 6.04 Å². The van der Waals surface area contributed by atoms with Crippen LogP contribution in [0.25, 0.3) is 0 Å². The van der Waals surface area contributed by atoms with Crippen molar-refractivity contribution in [2.45, 2.75) is 43.2 Å². The van der Waals surface area contributed by atoms with E-state index < -0.39 is 0 Å². The van der Waals surface area contributed by atoms with Crippen LogP contribution in [0.1, 0.15) is 25.3 Å². The topological polar surface area (TPSA) is 35.2 Å². The maximum absolute atomic E-state index is 6.30. The van der Waals surface area contributed by atoms with Gasteiger partial charge >= 0.3 is 0 Å². The predicted molar refractivity (Wildman–Crippen MR) is 78.5 cm³/mol. The molecule has 100 valence electrons. The lowest BCUT2D eigenvalue weighted by Crippen LogP contribution is -2.18. The molecule has 0 bridgehead atoms. The molecule has 0 radical (unpaired) electrons. The van der Waals surface area contributed by atoms with Crippen molar-refractivity contribution in [3.05, 3.63) is 28.8 Å². The molecule has 1 aromatic rings. The van der Waals surface area contributed by atoms with Crippen LogP contribution >= 0.6 is 23.4 Å². The molecule has 2 atom stereocenters. The van der Waals surface area contributed by atoms with Gasteiger partial charge in [-0.1, -0.05) is 23.7 Å². The summed E-state index contributed by atoms with van der Waals surface area (Å²) in [5.41, 5.74) is 7.14. The third-order valence-corrected chi connectivity index (χ3v) is 4.76. The third kappa shape index (κ3) is 3.89. The van der Waals surface area contributed by atoms with E-state index >= 15 is 0 Å². The van der Waals surface area contributed by atoms with Crippen molar-refractivity contribution in [2.24, 2.45) is 5.73 Å². The minimum Gasteiger partial charge on any atom is -0.377 e. The van der Waals surface area contributed by atoms with Crippen LogP contribution in [0.2, 0.25) is 5.02 Å². The highest BCUT2D eigenvalue weighted by atomic mass is 35.5. The van der Waals surface area contributed by atoms with Crippen molar-refractivity contribution < 1.29 is 4.74 Å². The summed E-state index contributed by atoms with van der Waals surface area (Å²) in [6.07, 6.45) is 3.60. The molecule has 1 aromatic carbocycles. The predicted octanol–water partition coefficient (Wildman–Crippen LogP) is 3.50. The van der Waals surface area contributed by atoms with Gasteiger partial charge in [-0.15, -0.1) is 11.8 Å². The van der Waals surface area contributed by atoms with Crippen LogP contribution in [0, 0.1) is 0 Å². The Labute approximate surface area is 118 Å². The number of ether oxygens (including phenoxy) is 1. The summed E-state index contributed by atoms with van der Waals surface area (Å²) in [5, 5.41) is 0.830. The zero-order chi connectivity index (χ0) is 13.0. The SMILES string of the molecule is CC(N)Cc1cccc(Cl)c1SCC1CCCO1. The van der Waals surface area contributed by atoms with Gasteiger partial charge in [0, 0.05) is 23.3 Å². The van der Waals surface area contributed by atoms with Crippen LogP contribution < -0.4 is 5.73 Å². The molecule has 4 heteroatoms. The maximum Gasteiger partial charge on any atom is 0.0669 e. The molecule has 2 N–H and O–H groups in total. The van der Waals surface area contributed by atoms with Crippen LogP contribution in [-0.4, -0.2) is 24.5 Å². The second-order valence-electron chi connectivity index (χ2n) is 4.86. The number of rotatable bonds is 5. The first-order valence-electron chi connectivity index (χ1n) is 6.44. The Kier molecular flexibility index (Phi) is 5.37. The molecule has 1 heterocycles.